The zero-order valence-electron chi connectivity index (χ0n) is 17.0. The van der Waals surface area contributed by atoms with Crippen molar-refractivity contribution in [1.82, 2.24) is 19.7 Å². The number of fused-ring (bicyclic) bond motifs is 1. The second kappa shape index (κ2) is 9.34. The molecule has 3 aromatic rings. The summed E-state index contributed by atoms with van der Waals surface area (Å²) in [6.45, 7) is 1.70. The van der Waals surface area contributed by atoms with E-state index in [4.69, 9.17) is 14.4 Å². The number of aryl methyl sites for hydroxylation is 2. The van der Waals surface area contributed by atoms with Gasteiger partial charge in [-0.3, -0.25) is 9.36 Å². The maximum absolute atomic E-state index is 12.3. The Morgan fingerprint density at radius 2 is 2.13 bits per heavy atom. The van der Waals surface area contributed by atoms with Gasteiger partial charge in [0.05, 0.1) is 5.56 Å². The Hall–Kier alpha value is -3.80. The number of para-hydroxylation sites is 1. The number of rotatable bonds is 8. The molecule has 0 spiro atoms. The Bertz CT molecular complexity index is 1170. The van der Waals surface area contributed by atoms with Gasteiger partial charge in [0.25, 0.3) is 5.91 Å². The van der Waals surface area contributed by atoms with Crippen LogP contribution in [0.4, 0.5) is 0 Å². The van der Waals surface area contributed by atoms with Crippen LogP contribution in [-0.2, 0) is 26.1 Å². The lowest BCUT2D eigenvalue weighted by atomic mass is 10.2. The van der Waals surface area contributed by atoms with E-state index >= 15 is 0 Å². The third-order valence-electron chi connectivity index (χ3n) is 5.13. The summed E-state index contributed by atoms with van der Waals surface area (Å²) in [5, 5.41) is 16.3. The highest BCUT2D eigenvalue weighted by Gasteiger charge is 2.16. The van der Waals surface area contributed by atoms with Gasteiger partial charge in [0.2, 0.25) is 0 Å². The van der Waals surface area contributed by atoms with Gasteiger partial charge >= 0.3 is 5.69 Å². The van der Waals surface area contributed by atoms with E-state index in [1.165, 1.54) is 4.68 Å². The van der Waals surface area contributed by atoms with Gasteiger partial charge < -0.3 is 14.5 Å². The molecule has 9 heteroatoms. The van der Waals surface area contributed by atoms with Crippen LogP contribution in [0.1, 0.15) is 47.0 Å². The molecular formula is C22H23N5O4. The van der Waals surface area contributed by atoms with E-state index < -0.39 is 0 Å². The van der Waals surface area contributed by atoms with Crippen LogP contribution in [0, 0.1) is 11.3 Å². The molecule has 1 N–H and O–H groups in total. The Morgan fingerprint density at radius 3 is 2.97 bits per heavy atom. The molecule has 2 aromatic heterocycles. The van der Waals surface area contributed by atoms with Crippen LogP contribution in [-0.4, -0.2) is 26.8 Å². The molecule has 0 fully saturated rings. The lowest BCUT2D eigenvalue weighted by molar-refractivity contribution is 0.0920. The van der Waals surface area contributed by atoms with Crippen molar-refractivity contribution in [3.8, 4) is 11.8 Å². The highest BCUT2D eigenvalue weighted by molar-refractivity contribution is 5.91. The standard InChI is InChI=1S/C22H23N5O4/c23-14-16-6-1-2-7-18(16)30-15-17-9-10-19(31-17)21(28)24-11-5-13-27-22(29)26-12-4-3-8-20(26)25-27/h1-2,6-7,9-10H,3-5,8,11-13,15H2,(H,24,28). The summed E-state index contributed by atoms with van der Waals surface area (Å²) in [7, 11) is 0. The van der Waals surface area contributed by atoms with Gasteiger partial charge in [-0.15, -0.1) is 0 Å². The number of hydrogen-bond donors (Lipinski definition) is 1. The summed E-state index contributed by atoms with van der Waals surface area (Å²) < 4.78 is 14.4. The zero-order chi connectivity index (χ0) is 21.6. The first-order valence-corrected chi connectivity index (χ1v) is 10.3. The van der Waals surface area contributed by atoms with Crippen molar-refractivity contribution in [2.45, 2.75) is 45.4 Å². The average molecular weight is 421 g/mol. The van der Waals surface area contributed by atoms with E-state index in [0.29, 0.717) is 36.6 Å². The van der Waals surface area contributed by atoms with Crippen molar-refractivity contribution in [3.63, 3.8) is 0 Å². The van der Waals surface area contributed by atoms with E-state index in [0.717, 1.165) is 31.6 Å². The van der Waals surface area contributed by atoms with E-state index in [1.807, 2.05) is 0 Å². The summed E-state index contributed by atoms with van der Waals surface area (Å²) in [5.74, 6) is 1.64. The molecule has 0 saturated heterocycles. The molecular weight excluding hydrogens is 398 g/mol. The molecule has 1 aliphatic rings. The Morgan fingerprint density at radius 1 is 1.26 bits per heavy atom. The predicted molar refractivity (Wildman–Crippen MR) is 111 cm³/mol. The molecule has 4 rings (SSSR count). The fourth-order valence-electron chi connectivity index (χ4n) is 3.52. The van der Waals surface area contributed by atoms with Crippen molar-refractivity contribution in [3.05, 3.63) is 69.8 Å². The number of ether oxygens (including phenoxy) is 1. The van der Waals surface area contributed by atoms with Gasteiger partial charge in [0.15, 0.2) is 5.76 Å². The van der Waals surface area contributed by atoms with E-state index in [1.54, 1.807) is 41.0 Å². The van der Waals surface area contributed by atoms with Crippen LogP contribution in [0.25, 0.3) is 0 Å². The van der Waals surface area contributed by atoms with Gasteiger partial charge in [-0.05, 0) is 43.5 Å². The second-order valence-electron chi connectivity index (χ2n) is 7.30. The fraction of sp³-hybridized carbons (Fsp3) is 0.364. The molecule has 1 aromatic carbocycles. The fourth-order valence-corrected chi connectivity index (χ4v) is 3.52. The topological polar surface area (TPSA) is 115 Å². The number of nitriles is 1. The quantitative estimate of drug-likeness (QED) is 0.558. The highest BCUT2D eigenvalue weighted by Crippen LogP contribution is 2.19. The largest absolute Gasteiger partial charge is 0.484 e. The molecule has 0 saturated carbocycles. The minimum atomic E-state index is -0.333. The molecule has 3 heterocycles. The van der Waals surface area contributed by atoms with Crippen LogP contribution in [0.2, 0.25) is 0 Å². The van der Waals surface area contributed by atoms with Gasteiger partial charge in [-0.1, -0.05) is 12.1 Å². The number of benzene rings is 1. The van der Waals surface area contributed by atoms with Crippen LogP contribution in [0.3, 0.4) is 0 Å². The lowest BCUT2D eigenvalue weighted by Crippen LogP contribution is -2.29. The molecule has 1 amide bonds. The number of carbonyl (C=O) groups is 1. The third-order valence-corrected chi connectivity index (χ3v) is 5.13. The van der Waals surface area contributed by atoms with Gasteiger partial charge in [0.1, 0.15) is 30.0 Å². The highest BCUT2D eigenvalue weighted by atomic mass is 16.5. The van der Waals surface area contributed by atoms with Crippen molar-refractivity contribution < 1.29 is 13.9 Å². The molecule has 31 heavy (non-hydrogen) atoms. The Kier molecular flexibility index (Phi) is 6.17. The summed E-state index contributed by atoms with van der Waals surface area (Å²) >= 11 is 0. The normalized spacial score (nSPS) is 12.7. The minimum absolute atomic E-state index is 0.0744. The van der Waals surface area contributed by atoms with Crippen LogP contribution < -0.4 is 15.7 Å². The zero-order valence-corrected chi connectivity index (χ0v) is 17.0. The first-order chi connectivity index (χ1) is 15.2. The second-order valence-corrected chi connectivity index (χ2v) is 7.30. The summed E-state index contributed by atoms with van der Waals surface area (Å²) in [5.41, 5.74) is 0.361. The van der Waals surface area contributed by atoms with Crippen molar-refractivity contribution in [1.29, 1.82) is 5.26 Å². The number of hydrogen-bond acceptors (Lipinski definition) is 6. The molecule has 0 aliphatic carbocycles. The van der Waals surface area contributed by atoms with E-state index in [2.05, 4.69) is 16.5 Å². The van der Waals surface area contributed by atoms with Crippen LogP contribution >= 0.6 is 0 Å². The van der Waals surface area contributed by atoms with Gasteiger partial charge in [-0.2, -0.15) is 10.4 Å². The monoisotopic (exact) mass is 421 g/mol. The summed E-state index contributed by atoms with van der Waals surface area (Å²) in [4.78, 5) is 24.6. The predicted octanol–water partition coefficient (Wildman–Crippen LogP) is 2.24. The SMILES string of the molecule is N#Cc1ccccc1OCc1ccc(C(=O)NCCCn2nc3n(c2=O)CCCC3)o1. The van der Waals surface area contributed by atoms with Crippen molar-refractivity contribution in [2.24, 2.45) is 0 Å². The summed E-state index contributed by atoms with van der Waals surface area (Å²) in [6.07, 6.45) is 3.50. The molecule has 0 radical (unpaired) electrons. The molecule has 0 atom stereocenters. The van der Waals surface area contributed by atoms with Gasteiger partial charge in [-0.25, -0.2) is 9.48 Å². The molecule has 0 unspecified atom stereocenters. The minimum Gasteiger partial charge on any atom is -0.484 e. The average Bonchev–Trinajstić information content (AvgIpc) is 3.40. The number of nitrogens with one attached hydrogen (secondary N) is 1. The van der Waals surface area contributed by atoms with Crippen molar-refractivity contribution in [2.75, 3.05) is 6.54 Å². The maximum atomic E-state index is 12.3. The third kappa shape index (κ3) is 4.69. The maximum Gasteiger partial charge on any atom is 0.345 e. The molecule has 9 nitrogen and oxygen atoms in total. The van der Waals surface area contributed by atoms with E-state index in [-0.39, 0.29) is 24.0 Å². The number of amides is 1. The summed E-state index contributed by atoms with van der Waals surface area (Å²) in [6, 6.07) is 12.2. The number of aromatic nitrogens is 3. The molecule has 160 valence electrons. The number of carbonyl (C=O) groups excluding carboxylic acids is 1. The first kappa shape index (κ1) is 20.5. The van der Waals surface area contributed by atoms with Crippen molar-refractivity contribution >= 4 is 5.91 Å². The first-order valence-electron chi connectivity index (χ1n) is 10.3. The Balaban J connectivity index is 1.24. The number of nitrogens with zero attached hydrogens (tertiary/aromatic N) is 4. The molecule has 0 bridgehead atoms. The van der Waals surface area contributed by atoms with Gasteiger partial charge in [0, 0.05) is 26.1 Å². The van der Waals surface area contributed by atoms with E-state index in [9.17, 15) is 9.59 Å². The Labute approximate surface area is 178 Å². The van der Waals surface area contributed by atoms with Crippen LogP contribution in [0.5, 0.6) is 5.75 Å². The smallest absolute Gasteiger partial charge is 0.345 e. The number of furan rings is 1. The van der Waals surface area contributed by atoms with Crippen LogP contribution in [0.15, 0.2) is 45.6 Å². The lowest BCUT2D eigenvalue weighted by Gasteiger charge is -2.09. The molecule has 1 aliphatic heterocycles.